The number of amides is 1. The number of anilines is 1. The van der Waals surface area contributed by atoms with Crippen molar-refractivity contribution in [2.75, 3.05) is 5.32 Å². The van der Waals surface area contributed by atoms with Crippen LogP contribution in [0.3, 0.4) is 0 Å². The second kappa shape index (κ2) is 6.26. The lowest BCUT2D eigenvalue weighted by Crippen LogP contribution is -2.44. The molecule has 1 aliphatic rings. The highest BCUT2D eigenvalue weighted by Gasteiger charge is 2.29. The molecule has 0 atom stereocenters. The first-order valence-electron chi connectivity index (χ1n) is 7.32. The highest BCUT2D eigenvalue weighted by Crippen LogP contribution is 2.29. The molecule has 5 heteroatoms. The van der Waals surface area contributed by atoms with Gasteiger partial charge in [-0.2, -0.15) is 0 Å². The van der Waals surface area contributed by atoms with E-state index in [1.54, 1.807) is 19.1 Å². The van der Waals surface area contributed by atoms with Crippen molar-refractivity contribution in [1.82, 2.24) is 0 Å². The molecule has 21 heavy (non-hydrogen) atoms. The molecule has 2 rings (SSSR count). The van der Waals surface area contributed by atoms with Crippen LogP contribution in [0.5, 0.6) is 0 Å². The van der Waals surface area contributed by atoms with Gasteiger partial charge in [-0.15, -0.1) is 0 Å². The highest BCUT2D eigenvalue weighted by molar-refractivity contribution is 5.93. The first-order chi connectivity index (χ1) is 9.89. The lowest BCUT2D eigenvalue weighted by molar-refractivity contribution is -0.117. The van der Waals surface area contributed by atoms with E-state index < -0.39 is 11.5 Å². The summed E-state index contributed by atoms with van der Waals surface area (Å²) in [7, 11) is 0. The van der Waals surface area contributed by atoms with Gasteiger partial charge in [0.1, 0.15) is 0 Å². The average molecular weight is 290 g/mol. The van der Waals surface area contributed by atoms with E-state index in [2.05, 4.69) is 5.32 Å². The van der Waals surface area contributed by atoms with Crippen molar-refractivity contribution in [3.63, 3.8) is 0 Å². The number of hydrogen-bond donors (Lipinski definition) is 3. The van der Waals surface area contributed by atoms with Crippen molar-refractivity contribution in [3.05, 3.63) is 29.3 Å². The van der Waals surface area contributed by atoms with Crippen LogP contribution in [0.1, 0.15) is 54.4 Å². The largest absolute Gasteiger partial charge is 0.478 e. The summed E-state index contributed by atoms with van der Waals surface area (Å²) in [4.78, 5) is 23.1. The number of carbonyl (C=O) groups is 2. The number of nitrogens with two attached hydrogens (primary N) is 1. The second-order valence-corrected chi connectivity index (χ2v) is 5.98. The molecule has 1 aromatic rings. The standard InChI is InChI=1S/C16H22N2O3/c1-11-9-12(5-6-13(11)15(20)21)18-14(19)10-16(17)7-3-2-4-8-16/h5-6,9H,2-4,7-8,10,17H2,1H3,(H,18,19)(H,20,21). The molecule has 0 saturated heterocycles. The van der Waals surface area contributed by atoms with E-state index in [1.165, 1.54) is 12.5 Å². The van der Waals surface area contributed by atoms with E-state index in [0.29, 0.717) is 17.7 Å². The zero-order valence-corrected chi connectivity index (χ0v) is 12.3. The number of carboxylic acid groups (broad SMARTS) is 1. The monoisotopic (exact) mass is 290 g/mol. The first kappa shape index (κ1) is 15.5. The van der Waals surface area contributed by atoms with E-state index in [9.17, 15) is 9.59 Å². The van der Waals surface area contributed by atoms with E-state index in [0.717, 1.165) is 25.7 Å². The normalized spacial score (nSPS) is 17.2. The molecule has 1 aromatic carbocycles. The zero-order valence-electron chi connectivity index (χ0n) is 12.3. The number of hydrogen-bond acceptors (Lipinski definition) is 3. The molecule has 0 unspecified atom stereocenters. The first-order valence-corrected chi connectivity index (χ1v) is 7.32. The number of carbonyl (C=O) groups excluding carboxylic acids is 1. The predicted octanol–water partition coefficient (Wildman–Crippen LogP) is 2.68. The molecule has 0 spiro atoms. The van der Waals surface area contributed by atoms with Crippen LogP contribution in [0.2, 0.25) is 0 Å². The fraction of sp³-hybridized carbons (Fsp3) is 0.500. The Labute approximate surface area is 124 Å². The third kappa shape index (κ3) is 4.04. The Balaban J connectivity index is 1.99. The highest BCUT2D eigenvalue weighted by atomic mass is 16.4. The summed E-state index contributed by atoms with van der Waals surface area (Å²) in [6, 6.07) is 4.79. The lowest BCUT2D eigenvalue weighted by atomic mass is 9.80. The van der Waals surface area contributed by atoms with Crippen LogP contribution < -0.4 is 11.1 Å². The van der Waals surface area contributed by atoms with Gasteiger partial charge in [-0.1, -0.05) is 19.3 Å². The molecule has 4 N–H and O–H groups in total. The molecule has 0 heterocycles. The number of aryl methyl sites for hydroxylation is 1. The number of nitrogens with one attached hydrogen (secondary N) is 1. The maximum absolute atomic E-state index is 12.1. The summed E-state index contributed by atoms with van der Waals surface area (Å²) in [6.07, 6.45) is 5.43. The minimum absolute atomic E-state index is 0.109. The summed E-state index contributed by atoms with van der Waals surface area (Å²) in [5.74, 6) is -1.07. The smallest absolute Gasteiger partial charge is 0.335 e. The van der Waals surface area contributed by atoms with Crippen LogP contribution in [-0.2, 0) is 4.79 Å². The fourth-order valence-electron chi connectivity index (χ4n) is 2.94. The zero-order chi connectivity index (χ0) is 15.5. The second-order valence-electron chi connectivity index (χ2n) is 5.98. The molecule has 0 radical (unpaired) electrons. The van der Waals surface area contributed by atoms with Crippen LogP contribution in [-0.4, -0.2) is 22.5 Å². The summed E-state index contributed by atoms with van der Waals surface area (Å²) in [5, 5.41) is 11.8. The summed E-state index contributed by atoms with van der Waals surface area (Å²) < 4.78 is 0. The molecule has 0 aliphatic heterocycles. The quantitative estimate of drug-likeness (QED) is 0.795. The van der Waals surface area contributed by atoms with E-state index in [4.69, 9.17) is 10.8 Å². The Hall–Kier alpha value is -1.88. The number of rotatable bonds is 4. The van der Waals surface area contributed by atoms with Crippen LogP contribution in [0.25, 0.3) is 0 Å². The summed E-state index contributed by atoms with van der Waals surface area (Å²) in [6.45, 7) is 1.71. The Morgan fingerprint density at radius 3 is 2.52 bits per heavy atom. The molecule has 114 valence electrons. The van der Waals surface area contributed by atoms with E-state index in [1.807, 2.05) is 0 Å². The van der Waals surface area contributed by atoms with Gasteiger partial charge in [0, 0.05) is 17.6 Å². The van der Waals surface area contributed by atoms with Gasteiger partial charge < -0.3 is 16.2 Å². The molecular weight excluding hydrogens is 268 g/mol. The van der Waals surface area contributed by atoms with Gasteiger partial charge in [-0.3, -0.25) is 4.79 Å². The number of aromatic carboxylic acids is 1. The summed E-state index contributed by atoms with van der Waals surface area (Å²) in [5.41, 5.74) is 7.36. The molecule has 5 nitrogen and oxygen atoms in total. The van der Waals surface area contributed by atoms with Gasteiger partial charge >= 0.3 is 5.97 Å². The third-order valence-corrected chi connectivity index (χ3v) is 4.10. The molecule has 0 aromatic heterocycles. The summed E-state index contributed by atoms with van der Waals surface area (Å²) >= 11 is 0. The van der Waals surface area contributed by atoms with Crippen molar-refractivity contribution in [1.29, 1.82) is 0 Å². The Morgan fingerprint density at radius 1 is 1.29 bits per heavy atom. The maximum Gasteiger partial charge on any atom is 0.335 e. The predicted molar refractivity (Wildman–Crippen MR) is 81.4 cm³/mol. The van der Waals surface area contributed by atoms with Crippen molar-refractivity contribution in [2.45, 2.75) is 51.0 Å². The minimum Gasteiger partial charge on any atom is -0.478 e. The van der Waals surface area contributed by atoms with Crippen LogP contribution in [0, 0.1) is 6.92 Å². The Morgan fingerprint density at radius 2 is 1.95 bits per heavy atom. The van der Waals surface area contributed by atoms with Crippen molar-refractivity contribution in [2.24, 2.45) is 5.73 Å². The average Bonchev–Trinajstić information content (AvgIpc) is 2.38. The topological polar surface area (TPSA) is 92.4 Å². The molecule has 0 bridgehead atoms. The third-order valence-electron chi connectivity index (χ3n) is 4.10. The van der Waals surface area contributed by atoms with E-state index in [-0.39, 0.29) is 11.5 Å². The number of benzene rings is 1. The van der Waals surface area contributed by atoms with Crippen LogP contribution in [0.4, 0.5) is 5.69 Å². The van der Waals surface area contributed by atoms with Gasteiger partial charge in [0.2, 0.25) is 5.91 Å². The molecule has 1 fully saturated rings. The fourth-order valence-corrected chi connectivity index (χ4v) is 2.94. The molecular formula is C16H22N2O3. The molecule has 1 amide bonds. The lowest BCUT2D eigenvalue weighted by Gasteiger charge is -2.32. The van der Waals surface area contributed by atoms with Crippen molar-refractivity contribution in [3.8, 4) is 0 Å². The van der Waals surface area contributed by atoms with Gasteiger partial charge in [0.25, 0.3) is 0 Å². The number of carboxylic acids is 1. The van der Waals surface area contributed by atoms with Gasteiger partial charge in [0.05, 0.1) is 5.56 Å². The molecule has 1 aliphatic carbocycles. The minimum atomic E-state index is -0.964. The van der Waals surface area contributed by atoms with Gasteiger partial charge in [-0.25, -0.2) is 4.79 Å². The SMILES string of the molecule is Cc1cc(NC(=O)CC2(N)CCCCC2)ccc1C(=O)O. The molecule has 1 saturated carbocycles. The van der Waals surface area contributed by atoms with Gasteiger partial charge in [-0.05, 0) is 43.5 Å². The van der Waals surface area contributed by atoms with Crippen molar-refractivity contribution >= 4 is 17.6 Å². The van der Waals surface area contributed by atoms with E-state index >= 15 is 0 Å². The van der Waals surface area contributed by atoms with Gasteiger partial charge in [0.15, 0.2) is 0 Å². The van der Waals surface area contributed by atoms with Crippen LogP contribution >= 0.6 is 0 Å². The van der Waals surface area contributed by atoms with Crippen LogP contribution in [0.15, 0.2) is 18.2 Å². The van der Waals surface area contributed by atoms with Crippen molar-refractivity contribution < 1.29 is 14.7 Å². The maximum atomic E-state index is 12.1. The Bertz CT molecular complexity index is 548. The Kier molecular flexibility index (Phi) is 4.63.